The highest BCUT2D eigenvalue weighted by Crippen LogP contribution is 2.22. The Kier molecular flexibility index (Phi) is 8.20. The van der Waals surface area contributed by atoms with Crippen LogP contribution in [-0.2, 0) is 9.47 Å². The van der Waals surface area contributed by atoms with Crippen LogP contribution in [0.25, 0.3) is 0 Å². The van der Waals surface area contributed by atoms with Gasteiger partial charge in [-0.2, -0.15) is 0 Å². The van der Waals surface area contributed by atoms with Crippen molar-refractivity contribution in [1.29, 1.82) is 0 Å². The Morgan fingerprint density at radius 2 is 1.39 bits per heavy atom. The lowest BCUT2D eigenvalue weighted by molar-refractivity contribution is -0.306. The van der Waals surface area contributed by atoms with Gasteiger partial charge in [-0.15, -0.1) is 0 Å². The molecule has 0 unspecified atom stereocenters. The van der Waals surface area contributed by atoms with E-state index < -0.39 is 74.9 Å². The smallest absolute Gasteiger partial charge is 0.186 e. The fourth-order valence-corrected chi connectivity index (χ4v) is 2.06. The SMILES string of the molecule is OC[C@H](O)[C@@H](O)[C@H](O)[C@H](O)CO[C@H]1O[C@H](CO)[C@@H](O)[C@H](O)[C@H]1O. The van der Waals surface area contributed by atoms with Gasteiger partial charge in [-0.05, 0) is 0 Å². The molecule has 1 fully saturated rings. The summed E-state index contributed by atoms with van der Waals surface area (Å²) < 4.78 is 9.99. The topological polar surface area (TPSA) is 201 Å². The van der Waals surface area contributed by atoms with Gasteiger partial charge in [0, 0.05) is 0 Å². The summed E-state index contributed by atoms with van der Waals surface area (Å²) in [6.07, 6.45) is -14.7. The fourth-order valence-electron chi connectivity index (χ4n) is 2.06. The third kappa shape index (κ3) is 5.01. The maximum absolute atomic E-state index is 9.70. The predicted molar refractivity (Wildman–Crippen MR) is 70.8 cm³/mol. The summed E-state index contributed by atoms with van der Waals surface area (Å²) in [5.41, 5.74) is 0. The van der Waals surface area contributed by atoms with E-state index in [1.807, 2.05) is 0 Å². The van der Waals surface area contributed by atoms with Crippen molar-refractivity contribution >= 4 is 0 Å². The Morgan fingerprint density at radius 1 is 0.826 bits per heavy atom. The lowest BCUT2D eigenvalue weighted by atomic mass is 9.99. The average molecular weight is 344 g/mol. The first kappa shape index (κ1) is 20.6. The van der Waals surface area contributed by atoms with E-state index in [0.29, 0.717) is 0 Å². The van der Waals surface area contributed by atoms with Crippen molar-refractivity contribution in [1.82, 2.24) is 0 Å². The molecule has 1 saturated heterocycles. The van der Waals surface area contributed by atoms with Crippen molar-refractivity contribution in [2.75, 3.05) is 19.8 Å². The van der Waals surface area contributed by atoms with Crippen molar-refractivity contribution < 1.29 is 55.4 Å². The first-order valence-corrected chi connectivity index (χ1v) is 6.99. The summed E-state index contributed by atoms with van der Waals surface area (Å²) in [5, 5.41) is 84.4. The minimum atomic E-state index is -1.86. The first-order chi connectivity index (χ1) is 10.7. The lowest BCUT2D eigenvalue weighted by Gasteiger charge is -2.40. The summed E-state index contributed by atoms with van der Waals surface area (Å²) in [6.45, 7) is -2.16. The van der Waals surface area contributed by atoms with Crippen LogP contribution in [0.5, 0.6) is 0 Å². The second-order valence-electron chi connectivity index (χ2n) is 5.33. The van der Waals surface area contributed by atoms with Crippen LogP contribution in [0.1, 0.15) is 0 Å². The normalized spacial score (nSPS) is 37.2. The minimum Gasteiger partial charge on any atom is -0.394 e. The van der Waals surface area contributed by atoms with E-state index in [1.165, 1.54) is 0 Å². The third-order valence-corrected chi connectivity index (χ3v) is 3.61. The zero-order valence-corrected chi connectivity index (χ0v) is 12.2. The van der Waals surface area contributed by atoms with E-state index in [2.05, 4.69) is 0 Å². The van der Waals surface area contributed by atoms with E-state index >= 15 is 0 Å². The van der Waals surface area contributed by atoms with Crippen LogP contribution in [0.2, 0.25) is 0 Å². The number of aliphatic hydroxyl groups is 9. The Balaban J connectivity index is 2.55. The molecule has 11 nitrogen and oxygen atoms in total. The quantitative estimate of drug-likeness (QED) is 0.203. The molecule has 9 N–H and O–H groups in total. The highest BCUT2D eigenvalue weighted by Gasteiger charge is 2.44. The van der Waals surface area contributed by atoms with E-state index in [0.717, 1.165) is 0 Å². The van der Waals surface area contributed by atoms with E-state index in [9.17, 15) is 35.7 Å². The number of hydrogen-bond donors (Lipinski definition) is 9. The Labute approximate surface area is 131 Å². The molecule has 1 aliphatic heterocycles. The maximum Gasteiger partial charge on any atom is 0.186 e. The van der Waals surface area contributed by atoms with Crippen molar-refractivity contribution in [3.63, 3.8) is 0 Å². The number of hydrogen-bond acceptors (Lipinski definition) is 11. The molecule has 1 aliphatic rings. The molecule has 1 rings (SSSR count). The maximum atomic E-state index is 9.70. The van der Waals surface area contributed by atoms with Gasteiger partial charge in [-0.1, -0.05) is 0 Å². The summed E-state index contributed by atoms with van der Waals surface area (Å²) >= 11 is 0. The summed E-state index contributed by atoms with van der Waals surface area (Å²) in [4.78, 5) is 0. The predicted octanol–water partition coefficient (Wildman–Crippen LogP) is -5.76. The zero-order valence-electron chi connectivity index (χ0n) is 12.2. The largest absolute Gasteiger partial charge is 0.394 e. The number of aliphatic hydroxyl groups excluding tert-OH is 9. The molecule has 0 aromatic heterocycles. The molecule has 9 atom stereocenters. The second kappa shape index (κ2) is 9.15. The fraction of sp³-hybridized carbons (Fsp3) is 1.00. The molecule has 138 valence electrons. The van der Waals surface area contributed by atoms with Crippen molar-refractivity contribution in [2.24, 2.45) is 0 Å². The molecule has 0 aromatic carbocycles. The molecule has 0 radical (unpaired) electrons. The molecule has 0 saturated carbocycles. The van der Waals surface area contributed by atoms with E-state index in [-0.39, 0.29) is 0 Å². The molecular weight excluding hydrogens is 320 g/mol. The Hall–Kier alpha value is -0.440. The lowest BCUT2D eigenvalue weighted by Crippen LogP contribution is -2.59. The van der Waals surface area contributed by atoms with Crippen molar-refractivity contribution in [3.05, 3.63) is 0 Å². The van der Waals surface area contributed by atoms with Crippen LogP contribution in [0.4, 0.5) is 0 Å². The van der Waals surface area contributed by atoms with Crippen LogP contribution >= 0.6 is 0 Å². The Morgan fingerprint density at radius 3 is 1.91 bits per heavy atom. The van der Waals surface area contributed by atoms with Gasteiger partial charge < -0.3 is 55.4 Å². The van der Waals surface area contributed by atoms with Crippen LogP contribution in [0, 0.1) is 0 Å². The second-order valence-corrected chi connectivity index (χ2v) is 5.33. The van der Waals surface area contributed by atoms with Gasteiger partial charge in [0.2, 0.25) is 0 Å². The molecule has 0 aromatic rings. The summed E-state index contributed by atoms with van der Waals surface area (Å²) in [6, 6.07) is 0. The highest BCUT2D eigenvalue weighted by atomic mass is 16.7. The van der Waals surface area contributed by atoms with Gasteiger partial charge in [-0.3, -0.25) is 0 Å². The highest BCUT2D eigenvalue weighted by molar-refractivity contribution is 4.89. The van der Waals surface area contributed by atoms with Crippen LogP contribution in [0.15, 0.2) is 0 Å². The molecule has 0 amide bonds. The third-order valence-electron chi connectivity index (χ3n) is 3.61. The standard InChI is InChI=1S/C12H24O11/c13-1-4(15)7(17)8(18)5(16)3-22-12-11(21)10(20)9(19)6(2-14)23-12/h4-21H,1-3H2/t4-,5+,6+,7+,8+,9+,10-,11+,12-/m0/s1. The minimum absolute atomic E-state index is 0.655. The number of ether oxygens (including phenoxy) is 2. The van der Waals surface area contributed by atoms with Crippen LogP contribution in [-0.4, -0.2) is 121 Å². The van der Waals surface area contributed by atoms with Gasteiger partial charge in [0.1, 0.15) is 48.8 Å². The van der Waals surface area contributed by atoms with Gasteiger partial charge in [-0.25, -0.2) is 0 Å². The van der Waals surface area contributed by atoms with Gasteiger partial charge in [0.25, 0.3) is 0 Å². The zero-order chi connectivity index (χ0) is 17.7. The van der Waals surface area contributed by atoms with Gasteiger partial charge >= 0.3 is 0 Å². The summed E-state index contributed by atoms with van der Waals surface area (Å²) in [7, 11) is 0. The van der Waals surface area contributed by atoms with Crippen LogP contribution < -0.4 is 0 Å². The molecule has 1 heterocycles. The number of rotatable bonds is 8. The molecule has 11 heteroatoms. The molecule has 0 bridgehead atoms. The van der Waals surface area contributed by atoms with E-state index in [1.54, 1.807) is 0 Å². The molecule has 23 heavy (non-hydrogen) atoms. The first-order valence-electron chi connectivity index (χ1n) is 6.99. The Bertz CT molecular complexity index is 341. The summed E-state index contributed by atoms with van der Waals surface area (Å²) in [5.74, 6) is 0. The monoisotopic (exact) mass is 344 g/mol. The molecule has 0 spiro atoms. The average Bonchev–Trinajstić information content (AvgIpc) is 2.56. The van der Waals surface area contributed by atoms with Crippen molar-refractivity contribution in [3.8, 4) is 0 Å². The van der Waals surface area contributed by atoms with Gasteiger partial charge in [0.15, 0.2) is 6.29 Å². The molecular formula is C12H24O11. The van der Waals surface area contributed by atoms with Crippen molar-refractivity contribution in [2.45, 2.75) is 55.1 Å². The van der Waals surface area contributed by atoms with E-state index in [4.69, 9.17) is 19.7 Å². The van der Waals surface area contributed by atoms with Gasteiger partial charge in [0.05, 0.1) is 19.8 Å². The molecule has 0 aliphatic carbocycles. The van der Waals surface area contributed by atoms with Crippen LogP contribution in [0.3, 0.4) is 0 Å².